The molecule has 1 saturated heterocycles. The monoisotopic (exact) mass is 410 g/mol. The van der Waals surface area contributed by atoms with Crippen molar-refractivity contribution in [3.8, 4) is 11.3 Å². The minimum atomic E-state index is -0.287. The minimum Gasteiger partial charge on any atom is -0.449 e. The second-order valence-corrected chi connectivity index (χ2v) is 7.56. The zero-order valence-electron chi connectivity index (χ0n) is 15.6. The maximum Gasteiger partial charge on any atom is 0.410 e. The molecule has 4 aromatic rings. The Morgan fingerprint density at radius 2 is 2.31 bits per heavy atom. The molecule has 4 aromatic heterocycles. The largest absolute Gasteiger partial charge is 0.449 e. The number of hydrogen-bond acceptors (Lipinski definition) is 8. The molecule has 0 aromatic carbocycles. The maximum absolute atomic E-state index is 11.8. The number of imidazole rings is 1. The molecule has 0 radical (unpaired) electrons. The van der Waals surface area contributed by atoms with E-state index >= 15 is 0 Å². The van der Waals surface area contributed by atoms with Crippen LogP contribution in [0.25, 0.3) is 16.9 Å². The third-order valence-corrected chi connectivity index (χ3v) is 5.36. The Hall–Kier alpha value is -3.47. The average Bonchev–Trinajstić information content (AvgIpc) is 3.44. The Bertz CT molecular complexity index is 1170. The van der Waals surface area contributed by atoms with Crippen LogP contribution in [0, 0.1) is 6.92 Å². The molecule has 11 heteroatoms. The van der Waals surface area contributed by atoms with E-state index in [2.05, 4.69) is 29.9 Å². The molecule has 29 heavy (non-hydrogen) atoms. The van der Waals surface area contributed by atoms with Gasteiger partial charge in [0.05, 0.1) is 42.6 Å². The Morgan fingerprint density at radius 1 is 1.38 bits per heavy atom. The summed E-state index contributed by atoms with van der Waals surface area (Å²) in [6.07, 6.45) is 7.87. The molecule has 0 bridgehead atoms. The van der Waals surface area contributed by atoms with Crippen LogP contribution in [0.1, 0.15) is 17.8 Å². The number of aromatic nitrogens is 6. The molecule has 2 N–H and O–H groups in total. The van der Waals surface area contributed by atoms with Crippen molar-refractivity contribution in [2.75, 3.05) is 18.5 Å². The lowest BCUT2D eigenvalue weighted by Crippen LogP contribution is -2.37. The predicted octanol–water partition coefficient (Wildman–Crippen LogP) is 2.97. The van der Waals surface area contributed by atoms with Crippen LogP contribution in [0.5, 0.6) is 0 Å². The van der Waals surface area contributed by atoms with E-state index in [1.54, 1.807) is 17.3 Å². The van der Waals surface area contributed by atoms with E-state index in [-0.39, 0.29) is 6.09 Å². The van der Waals surface area contributed by atoms with Gasteiger partial charge in [0.25, 0.3) is 0 Å². The van der Waals surface area contributed by atoms with E-state index in [9.17, 15) is 4.79 Å². The molecule has 0 aliphatic carbocycles. The van der Waals surface area contributed by atoms with E-state index in [4.69, 9.17) is 4.74 Å². The molecule has 1 aliphatic heterocycles. The number of hydrogen-bond donors (Lipinski definition) is 2. The summed E-state index contributed by atoms with van der Waals surface area (Å²) in [6, 6.07) is 1.92. The normalized spacial score (nSPS) is 14.4. The quantitative estimate of drug-likeness (QED) is 0.520. The number of aryl methyl sites for hydroxylation is 1. The summed E-state index contributed by atoms with van der Waals surface area (Å²) in [5.41, 5.74) is 4.24. The summed E-state index contributed by atoms with van der Waals surface area (Å²) < 4.78 is 11.5. The second kappa shape index (κ2) is 7.17. The lowest BCUT2D eigenvalue weighted by Gasteiger charge is -2.25. The van der Waals surface area contributed by atoms with E-state index < -0.39 is 0 Å². The van der Waals surface area contributed by atoms with Gasteiger partial charge < -0.3 is 15.0 Å². The summed E-state index contributed by atoms with van der Waals surface area (Å²) in [7, 11) is 0. The Kier molecular flexibility index (Phi) is 4.35. The van der Waals surface area contributed by atoms with Gasteiger partial charge in [0.2, 0.25) is 0 Å². The summed E-state index contributed by atoms with van der Waals surface area (Å²) in [6.45, 7) is 3.54. The highest BCUT2D eigenvalue weighted by Gasteiger charge is 2.21. The first-order valence-corrected chi connectivity index (χ1v) is 9.93. The maximum atomic E-state index is 11.8. The number of anilines is 2. The number of nitrogens with one attached hydrogen (secondary N) is 2. The van der Waals surface area contributed by atoms with Crippen molar-refractivity contribution in [1.82, 2.24) is 33.8 Å². The summed E-state index contributed by atoms with van der Waals surface area (Å²) in [4.78, 5) is 22.6. The Morgan fingerprint density at radius 3 is 3.14 bits per heavy atom. The van der Waals surface area contributed by atoms with Crippen LogP contribution in [-0.2, 0) is 11.3 Å². The molecule has 0 unspecified atom stereocenters. The van der Waals surface area contributed by atoms with Crippen LogP contribution >= 0.6 is 11.5 Å². The average molecular weight is 410 g/mol. The number of ether oxygens (including phenoxy) is 1. The fourth-order valence-corrected chi connectivity index (χ4v) is 3.95. The van der Waals surface area contributed by atoms with Crippen molar-refractivity contribution < 1.29 is 9.53 Å². The highest BCUT2D eigenvalue weighted by Crippen LogP contribution is 2.27. The molecule has 0 spiro atoms. The third-order valence-electron chi connectivity index (χ3n) is 4.62. The van der Waals surface area contributed by atoms with E-state index in [1.807, 2.05) is 29.8 Å². The molecule has 1 aliphatic rings. The first-order chi connectivity index (χ1) is 14.2. The van der Waals surface area contributed by atoms with Gasteiger partial charge in [0.1, 0.15) is 5.00 Å². The number of rotatable bonds is 5. The van der Waals surface area contributed by atoms with E-state index in [1.165, 1.54) is 11.5 Å². The van der Waals surface area contributed by atoms with Crippen molar-refractivity contribution in [2.45, 2.75) is 19.9 Å². The zero-order valence-corrected chi connectivity index (χ0v) is 16.4. The standard InChI is InChI=1S/C18H18N8O2S/c1-11-9-26-14(12-6-20-21-7-12)8-19-17(26)16(22-11)23-15-5-13(24-29-15)10-25-3-2-4-28-18(25)27/h5-9H,2-4,10H2,1H3,(H,20,21)(H,22,23). The molecule has 148 valence electrons. The van der Waals surface area contributed by atoms with Crippen LogP contribution < -0.4 is 5.32 Å². The molecule has 0 atom stereocenters. The molecular formula is C18H18N8O2S. The van der Waals surface area contributed by atoms with Gasteiger partial charge in [-0.15, -0.1) is 0 Å². The van der Waals surface area contributed by atoms with Gasteiger partial charge in [-0.1, -0.05) is 0 Å². The van der Waals surface area contributed by atoms with Gasteiger partial charge in [-0.3, -0.25) is 9.50 Å². The van der Waals surface area contributed by atoms with Crippen molar-refractivity contribution in [1.29, 1.82) is 0 Å². The van der Waals surface area contributed by atoms with Crippen LogP contribution in [0.2, 0.25) is 0 Å². The van der Waals surface area contributed by atoms with Crippen LogP contribution in [0.15, 0.2) is 30.9 Å². The number of cyclic esters (lactones) is 1. The SMILES string of the molecule is Cc1cn2c(-c3cn[nH]c3)cnc2c(Nc2cc(CN3CCCOC3=O)ns2)n1. The Labute approximate surface area is 169 Å². The van der Waals surface area contributed by atoms with Gasteiger partial charge in [0.15, 0.2) is 11.5 Å². The predicted molar refractivity (Wildman–Crippen MR) is 107 cm³/mol. The first kappa shape index (κ1) is 17.6. The fourth-order valence-electron chi connectivity index (χ4n) is 3.30. The zero-order chi connectivity index (χ0) is 19.8. The van der Waals surface area contributed by atoms with Crippen molar-refractivity contribution in [3.63, 3.8) is 0 Å². The van der Waals surface area contributed by atoms with Crippen molar-refractivity contribution >= 4 is 34.1 Å². The number of amides is 1. The number of fused-ring (bicyclic) bond motifs is 1. The topological polar surface area (TPSA) is 113 Å². The van der Waals surface area contributed by atoms with E-state index in [0.717, 1.165) is 34.1 Å². The number of carbonyl (C=O) groups excluding carboxylic acids is 1. The van der Waals surface area contributed by atoms with Gasteiger partial charge in [-0.25, -0.2) is 14.8 Å². The molecular weight excluding hydrogens is 392 g/mol. The molecule has 5 heterocycles. The van der Waals surface area contributed by atoms with Gasteiger partial charge >= 0.3 is 6.09 Å². The van der Waals surface area contributed by atoms with Crippen LogP contribution in [0.3, 0.4) is 0 Å². The number of nitrogens with zero attached hydrogens (tertiary/aromatic N) is 6. The first-order valence-electron chi connectivity index (χ1n) is 9.15. The number of carbonyl (C=O) groups is 1. The fraction of sp³-hybridized carbons (Fsp3) is 0.278. The summed E-state index contributed by atoms with van der Waals surface area (Å²) in [5.74, 6) is 0.646. The summed E-state index contributed by atoms with van der Waals surface area (Å²) in [5, 5.41) is 11.0. The minimum absolute atomic E-state index is 0.287. The van der Waals surface area contributed by atoms with Crippen LogP contribution in [0.4, 0.5) is 15.6 Å². The molecule has 5 rings (SSSR count). The lowest BCUT2D eigenvalue weighted by atomic mass is 10.3. The number of aromatic amines is 1. The third kappa shape index (κ3) is 3.40. The lowest BCUT2D eigenvalue weighted by molar-refractivity contribution is 0.0697. The van der Waals surface area contributed by atoms with Gasteiger partial charge in [-0.2, -0.15) is 9.47 Å². The van der Waals surface area contributed by atoms with E-state index in [0.29, 0.717) is 31.2 Å². The molecule has 1 fully saturated rings. The highest BCUT2D eigenvalue weighted by molar-refractivity contribution is 7.10. The second-order valence-electron chi connectivity index (χ2n) is 6.75. The smallest absolute Gasteiger partial charge is 0.410 e. The number of H-pyrrole nitrogens is 1. The Balaban J connectivity index is 1.41. The van der Waals surface area contributed by atoms with Crippen molar-refractivity contribution in [2.24, 2.45) is 0 Å². The molecule has 0 saturated carbocycles. The highest BCUT2D eigenvalue weighted by atomic mass is 32.1. The van der Waals surface area contributed by atoms with Crippen LogP contribution in [-0.4, -0.2) is 53.1 Å². The molecule has 1 amide bonds. The van der Waals surface area contributed by atoms with Gasteiger partial charge in [-0.05, 0) is 30.9 Å². The van der Waals surface area contributed by atoms with Gasteiger partial charge in [0, 0.05) is 24.5 Å². The molecule has 10 nitrogen and oxygen atoms in total. The van der Waals surface area contributed by atoms with Crippen molar-refractivity contribution in [3.05, 3.63) is 42.2 Å². The summed E-state index contributed by atoms with van der Waals surface area (Å²) >= 11 is 1.32.